The highest BCUT2D eigenvalue weighted by atomic mass is 79.9. The Morgan fingerprint density at radius 1 is 1.25 bits per heavy atom. The number of benzene rings is 1. The van der Waals surface area contributed by atoms with Crippen molar-refractivity contribution in [2.24, 2.45) is 16.7 Å². The molecule has 0 bridgehead atoms. The smallest absolute Gasteiger partial charge is 0.325 e. The maximum Gasteiger partial charge on any atom is 0.325 e. The lowest BCUT2D eigenvalue weighted by molar-refractivity contribution is -0.165. The van der Waals surface area contributed by atoms with E-state index < -0.39 is 34.3 Å². The van der Waals surface area contributed by atoms with Gasteiger partial charge in [-0.05, 0) is 32.4 Å². The molecule has 24 heavy (non-hydrogen) atoms. The number of Topliss-reactive ketones (excluding diaryl/α,β-unsaturated/α-hetero) is 1. The molecule has 1 saturated carbocycles. The number of cyclic esters (lactones) is 1. The zero-order valence-electron chi connectivity index (χ0n) is 14.0. The first-order chi connectivity index (χ1) is 11.2. The van der Waals surface area contributed by atoms with Gasteiger partial charge in [0.15, 0.2) is 11.2 Å². The van der Waals surface area contributed by atoms with E-state index in [4.69, 9.17) is 9.47 Å². The number of rotatable bonds is 4. The number of fused-ring (bicyclic) bond motifs is 1. The summed E-state index contributed by atoms with van der Waals surface area (Å²) in [5.74, 6) is -2.08. The molecule has 1 heterocycles. The second-order valence-electron chi connectivity index (χ2n) is 6.89. The summed E-state index contributed by atoms with van der Waals surface area (Å²) in [6.45, 7) is 5.31. The van der Waals surface area contributed by atoms with Crippen LogP contribution in [0.5, 0.6) is 0 Å². The first-order valence-electron chi connectivity index (χ1n) is 7.82. The molecule has 6 heteroatoms. The van der Waals surface area contributed by atoms with Gasteiger partial charge in [-0.1, -0.05) is 35.0 Å². The molecule has 0 radical (unpaired) electrons. The average Bonchev–Trinajstić information content (AvgIpc) is 3.14. The number of halogens is 1. The van der Waals surface area contributed by atoms with Crippen LogP contribution in [0.3, 0.4) is 0 Å². The Morgan fingerprint density at radius 3 is 2.33 bits per heavy atom. The maximum atomic E-state index is 13.3. The number of ketones is 1. The van der Waals surface area contributed by atoms with E-state index in [-0.39, 0.29) is 5.78 Å². The molecule has 1 aromatic carbocycles. The molecule has 128 valence electrons. The highest BCUT2D eigenvalue weighted by molar-refractivity contribution is 9.10. The maximum absolute atomic E-state index is 13.3. The van der Waals surface area contributed by atoms with Gasteiger partial charge >= 0.3 is 11.9 Å². The van der Waals surface area contributed by atoms with E-state index >= 15 is 0 Å². The number of ether oxygens (including phenoxy) is 2. The van der Waals surface area contributed by atoms with Gasteiger partial charge in [0.05, 0.1) is 12.5 Å². The predicted octanol–water partition coefficient (Wildman–Crippen LogP) is 3.15. The molecule has 1 aromatic rings. The number of carbonyl (C=O) groups is 3. The van der Waals surface area contributed by atoms with Gasteiger partial charge in [-0.2, -0.15) is 0 Å². The molecule has 0 unspecified atom stereocenters. The molecule has 2 fully saturated rings. The fourth-order valence-corrected chi connectivity index (χ4v) is 4.95. The van der Waals surface area contributed by atoms with Gasteiger partial charge < -0.3 is 9.47 Å². The van der Waals surface area contributed by atoms with Crippen molar-refractivity contribution in [3.05, 3.63) is 34.3 Å². The molecule has 0 N–H and O–H groups in total. The minimum atomic E-state index is -1.54. The Balaban J connectivity index is 2.16. The first kappa shape index (κ1) is 17.1. The summed E-state index contributed by atoms with van der Waals surface area (Å²) in [4.78, 5) is 38.5. The standard InChI is InChI=1S/C18H19BrO5/c1-5-17(12(20)10-6-8-11(19)9-7-10)13-16(2,3)24-15(22)18(13,17)14(21)23-4/h6-9,13H,5H2,1-4H3/t13-,17+,18-/m1/s1. The van der Waals surface area contributed by atoms with Gasteiger partial charge in [0.1, 0.15) is 5.60 Å². The summed E-state index contributed by atoms with van der Waals surface area (Å²) >= 11 is 3.34. The number of esters is 2. The molecule has 3 rings (SSSR count). The van der Waals surface area contributed by atoms with Crippen LogP contribution in [0.15, 0.2) is 28.7 Å². The van der Waals surface area contributed by atoms with E-state index in [1.165, 1.54) is 7.11 Å². The van der Waals surface area contributed by atoms with Crippen molar-refractivity contribution in [2.75, 3.05) is 7.11 Å². The molecule has 0 spiro atoms. The fourth-order valence-electron chi connectivity index (χ4n) is 4.68. The normalized spacial score (nSPS) is 32.7. The molecule has 1 saturated heterocycles. The number of carbonyl (C=O) groups excluding carboxylic acids is 3. The van der Waals surface area contributed by atoms with Crippen LogP contribution < -0.4 is 0 Å². The molecule has 5 nitrogen and oxygen atoms in total. The van der Waals surface area contributed by atoms with Crippen molar-refractivity contribution < 1.29 is 23.9 Å². The van der Waals surface area contributed by atoms with E-state index in [9.17, 15) is 14.4 Å². The zero-order chi connectivity index (χ0) is 17.9. The lowest BCUT2D eigenvalue weighted by atomic mass is 9.81. The lowest BCUT2D eigenvalue weighted by Crippen LogP contribution is -2.40. The number of hydrogen-bond acceptors (Lipinski definition) is 5. The Bertz CT molecular complexity index is 738. The fraction of sp³-hybridized carbons (Fsp3) is 0.500. The third kappa shape index (κ3) is 1.78. The summed E-state index contributed by atoms with van der Waals surface area (Å²) in [7, 11) is 1.23. The zero-order valence-corrected chi connectivity index (χ0v) is 15.6. The molecular formula is C18H19BrO5. The topological polar surface area (TPSA) is 69.7 Å². The second kappa shape index (κ2) is 5.15. The predicted molar refractivity (Wildman–Crippen MR) is 89.3 cm³/mol. The molecule has 0 amide bonds. The summed E-state index contributed by atoms with van der Waals surface area (Å²) in [5, 5.41) is 0. The van der Waals surface area contributed by atoms with Crippen molar-refractivity contribution in [3.63, 3.8) is 0 Å². The molecule has 1 aliphatic heterocycles. The van der Waals surface area contributed by atoms with Crippen LogP contribution in [-0.4, -0.2) is 30.4 Å². The third-order valence-electron chi connectivity index (χ3n) is 5.50. The Labute approximate surface area is 148 Å². The lowest BCUT2D eigenvalue weighted by Gasteiger charge is -2.28. The van der Waals surface area contributed by atoms with Crippen LogP contribution in [0.1, 0.15) is 37.6 Å². The van der Waals surface area contributed by atoms with Crippen molar-refractivity contribution in [1.29, 1.82) is 0 Å². The molecular weight excluding hydrogens is 376 g/mol. The average molecular weight is 395 g/mol. The van der Waals surface area contributed by atoms with Crippen LogP contribution in [0.25, 0.3) is 0 Å². The molecule has 2 aliphatic rings. The van der Waals surface area contributed by atoms with Crippen LogP contribution in [-0.2, 0) is 19.1 Å². The molecule has 1 aliphatic carbocycles. The van der Waals surface area contributed by atoms with E-state index in [1.54, 1.807) is 38.1 Å². The minimum Gasteiger partial charge on any atom is -0.468 e. The van der Waals surface area contributed by atoms with Crippen LogP contribution >= 0.6 is 15.9 Å². The van der Waals surface area contributed by atoms with E-state index in [1.807, 2.05) is 6.92 Å². The van der Waals surface area contributed by atoms with Gasteiger partial charge in [-0.15, -0.1) is 0 Å². The number of methoxy groups -OCH3 is 1. The Morgan fingerprint density at radius 2 is 1.83 bits per heavy atom. The minimum absolute atomic E-state index is 0.211. The molecule has 0 aromatic heterocycles. The first-order valence-corrected chi connectivity index (χ1v) is 8.61. The Kier molecular flexibility index (Phi) is 3.68. The summed E-state index contributed by atoms with van der Waals surface area (Å²) in [5.41, 5.74) is -3.08. The quantitative estimate of drug-likeness (QED) is 0.445. The van der Waals surface area contributed by atoms with Crippen molar-refractivity contribution >= 4 is 33.7 Å². The van der Waals surface area contributed by atoms with Crippen molar-refractivity contribution in [3.8, 4) is 0 Å². The van der Waals surface area contributed by atoms with Crippen LogP contribution in [0.4, 0.5) is 0 Å². The summed E-state index contributed by atoms with van der Waals surface area (Å²) in [6.07, 6.45) is 0.361. The summed E-state index contributed by atoms with van der Waals surface area (Å²) < 4.78 is 11.2. The second-order valence-corrected chi connectivity index (χ2v) is 7.80. The Hall–Kier alpha value is -1.69. The van der Waals surface area contributed by atoms with Crippen molar-refractivity contribution in [2.45, 2.75) is 32.8 Å². The molecule has 3 atom stereocenters. The highest BCUT2D eigenvalue weighted by Gasteiger charge is 2.95. The van der Waals surface area contributed by atoms with Gasteiger partial charge in [0.2, 0.25) is 0 Å². The largest absolute Gasteiger partial charge is 0.468 e. The highest BCUT2D eigenvalue weighted by Crippen LogP contribution is 2.80. The van der Waals surface area contributed by atoms with Gasteiger partial charge in [-0.3, -0.25) is 14.4 Å². The van der Waals surface area contributed by atoms with E-state index in [0.29, 0.717) is 12.0 Å². The number of hydrogen-bond donors (Lipinski definition) is 0. The van der Waals surface area contributed by atoms with Crippen LogP contribution in [0.2, 0.25) is 0 Å². The summed E-state index contributed by atoms with van der Waals surface area (Å²) in [6, 6.07) is 6.93. The van der Waals surface area contributed by atoms with Gasteiger partial charge in [0.25, 0.3) is 0 Å². The van der Waals surface area contributed by atoms with Crippen LogP contribution in [0, 0.1) is 16.7 Å². The van der Waals surface area contributed by atoms with Crippen molar-refractivity contribution in [1.82, 2.24) is 0 Å². The van der Waals surface area contributed by atoms with Gasteiger partial charge in [-0.25, -0.2) is 0 Å². The third-order valence-corrected chi connectivity index (χ3v) is 6.02. The van der Waals surface area contributed by atoms with Gasteiger partial charge in [0, 0.05) is 16.0 Å². The SMILES string of the molecule is CC[C@]1(C(=O)c2ccc(Br)cc2)[C@H]2C(C)(C)OC(=O)[C@]21C(=O)OC. The van der Waals surface area contributed by atoms with E-state index in [2.05, 4.69) is 15.9 Å². The monoisotopic (exact) mass is 394 g/mol. The van der Waals surface area contributed by atoms with E-state index in [0.717, 1.165) is 4.47 Å².